The first-order valence-corrected chi connectivity index (χ1v) is 7.77. The van der Waals surface area contributed by atoms with Crippen molar-refractivity contribution in [2.75, 3.05) is 4.72 Å². The van der Waals surface area contributed by atoms with E-state index in [0.29, 0.717) is 21.8 Å². The van der Waals surface area contributed by atoms with E-state index in [2.05, 4.69) is 4.72 Å². The van der Waals surface area contributed by atoms with Crippen molar-refractivity contribution in [3.05, 3.63) is 64.7 Å². The van der Waals surface area contributed by atoms with Crippen LogP contribution >= 0.6 is 11.6 Å². The maximum Gasteiger partial charge on any atom is 0.236 e. The van der Waals surface area contributed by atoms with Gasteiger partial charge < -0.3 is 0 Å². The minimum Gasteiger partial charge on any atom is -0.283 e. The minimum absolute atomic E-state index is 0.219. The third-order valence-corrected chi connectivity index (χ3v) is 4.17. The predicted molar refractivity (Wildman–Crippen MR) is 78.9 cm³/mol. The summed E-state index contributed by atoms with van der Waals surface area (Å²) in [6, 6.07) is 15.0. The largest absolute Gasteiger partial charge is 0.283 e. The van der Waals surface area contributed by atoms with E-state index in [4.69, 9.17) is 16.9 Å². The molecule has 0 atom stereocenters. The first-order valence-electron chi connectivity index (χ1n) is 5.74. The van der Waals surface area contributed by atoms with Crippen LogP contribution in [0.1, 0.15) is 11.1 Å². The molecule has 0 heterocycles. The number of nitriles is 1. The van der Waals surface area contributed by atoms with Crippen LogP contribution < -0.4 is 4.72 Å². The molecule has 0 saturated carbocycles. The Kier molecular flexibility index (Phi) is 4.28. The van der Waals surface area contributed by atoms with Gasteiger partial charge in [-0.05, 0) is 29.8 Å². The highest BCUT2D eigenvalue weighted by Crippen LogP contribution is 2.19. The summed E-state index contributed by atoms with van der Waals surface area (Å²) in [4.78, 5) is 0. The molecule has 2 rings (SSSR count). The Hall–Kier alpha value is -2.03. The van der Waals surface area contributed by atoms with E-state index in [0.717, 1.165) is 0 Å². The smallest absolute Gasteiger partial charge is 0.236 e. The second-order valence-corrected chi connectivity index (χ2v) is 6.27. The number of rotatable bonds is 4. The molecule has 2 aromatic rings. The number of anilines is 1. The van der Waals surface area contributed by atoms with Crippen LogP contribution in [0.3, 0.4) is 0 Å². The molecule has 0 aliphatic heterocycles. The molecule has 0 radical (unpaired) electrons. The molecule has 0 fully saturated rings. The molecule has 0 aliphatic rings. The number of halogens is 1. The standard InChI is InChI=1S/C14H11ClN2O2S/c15-14-7-2-1-5-12(14)10-20(18,19)17-13-6-3-4-11(8-13)9-16/h1-8,17H,10H2. The zero-order valence-electron chi connectivity index (χ0n) is 10.4. The average molecular weight is 307 g/mol. The van der Waals surface area contributed by atoms with Gasteiger partial charge in [0.25, 0.3) is 0 Å². The highest BCUT2D eigenvalue weighted by atomic mass is 35.5. The van der Waals surface area contributed by atoms with Gasteiger partial charge in [0.2, 0.25) is 10.0 Å². The zero-order valence-corrected chi connectivity index (χ0v) is 11.9. The maximum atomic E-state index is 12.1. The Morgan fingerprint density at radius 1 is 1.15 bits per heavy atom. The lowest BCUT2D eigenvalue weighted by Gasteiger charge is -2.09. The first kappa shape index (κ1) is 14.4. The molecule has 0 saturated heterocycles. The summed E-state index contributed by atoms with van der Waals surface area (Å²) in [7, 11) is -3.58. The van der Waals surface area contributed by atoms with Crippen LogP contribution in [0.25, 0.3) is 0 Å². The molecule has 20 heavy (non-hydrogen) atoms. The van der Waals surface area contributed by atoms with E-state index in [1.165, 1.54) is 6.07 Å². The second-order valence-electron chi connectivity index (χ2n) is 4.15. The van der Waals surface area contributed by atoms with Crippen molar-refractivity contribution in [1.29, 1.82) is 5.26 Å². The zero-order chi connectivity index (χ0) is 14.6. The SMILES string of the molecule is N#Cc1cccc(NS(=O)(=O)Cc2ccccc2Cl)c1. The van der Waals surface area contributed by atoms with Crippen molar-refractivity contribution in [3.8, 4) is 6.07 Å². The fraction of sp³-hybridized carbons (Fsp3) is 0.0714. The molecule has 0 bridgehead atoms. The van der Waals surface area contributed by atoms with Crippen molar-refractivity contribution >= 4 is 27.3 Å². The Balaban J connectivity index is 2.20. The van der Waals surface area contributed by atoms with Gasteiger partial charge in [0.1, 0.15) is 0 Å². The number of nitrogens with one attached hydrogen (secondary N) is 1. The van der Waals surface area contributed by atoms with Crippen LogP contribution in [0.15, 0.2) is 48.5 Å². The van der Waals surface area contributed by atoms with Gasteiger partial charge in [-0.15, -0.1) is 0 Å². The number of sulfonamides is 1. The quantitative estimate of drug-likeness (QED) is 0.943. The summed E-state index contributed by atoms with van der Waals surface area (Å²) in [5.74, 6) is -0.219. The number of benzene rings is 2. The van der Waals surface area contributed by atoms with Crippen molar-refractivity contribution in [1.82, 2.24) is 0 Å². The van der Waals surface area contributed by atoms with E-state index in [9.17, 15) is 8.42 Å². The normalized spacial score (nSPS) is 10.8. The summed E-state index contributed by atoms with van der Waals surface area (Å²) in [5, 5.41) is 9.19. The first-order chi connectivity index (χ1) is 9.50. The Morgan fingerprint density at radius 2 is 1.90 bits per heavy atom. The van der Waals surface area contributed by atoms with Gasteiger partial charge in [-0.25, -0.2) is 8.42 Å². The molecular weight excluding hydrogens is 296 g/mol. The minimum atomic E-state index is -3.58. The highest BCUT2D eigenvalue weighted by molar-refractivity contribution is 7.91. The van der Waals surface area contributed by atoms with Gasteiger partial charge in [-0.2, -0.15) is 5.26 Å². The monoisotopic (exact) mass is 306 g/mol. The molecule has 6 heteroatoms. The summed E-state index contributed by atoms with van der Waals surface area (Å²) < 4.78 is 26.6. The Bertz CT molecular complexity index is 767. The summed E-state index contributed by atoms with van der Waals surface area (Å²) in [6.07, 6.45) is 0. The van der Waals surface area contributed by atoms with E-state index in [1.807, 2.05) is 6.07 Å². The van der Waals surface area contributed by atoms with Gasteiger partial charge in [-0.1, -0.05) is 35.9 Å². The van der Waals surface area contributed by atoms with Crippen LogP contribution in [0, 0.1) is 11.3 Å². The summed E-state index contributed by atoms with van der Waals surface area (Å²) in [5.41, 5.74) is 1.28. The van der Waals surface area contributed by atoms with Crippen molar-refractivity contribution < 1.29 is 8.42 Å². The van der Waals surface area contributed by atoms with E-state index in [-0.39, 0.29) is 5.75 Å². The van der Waals surface area contributed by atoms with Crippen molar-refractivity contribution in [2.45, 2.75) is 5.75 Å². The van der Waals surface area contributed by atoms with Crippen LogP contribution in [0.2, 0.25) is 5.02 Å². The summed E-state index contributed by atoms with van der Waals surface area (Å²) in [6.45, 7) is 0. The van der Waals surface area contributed by atoms with Gasteiger partial charge in [0, 0.05) is 10.7 Å². The fourth-order valence-corrected chi connectivity index (χ4v) is 3.19. The van der Waals surface area contributed by atoms with Crippen molar-refractivity contribution in [2.24, 2.45) is 0 Å². The summed E-state index contributed by atoms with van der Waals surface area (Å²) >= 11 is 5.95. The van der Waals surface area contributed by atoms with Gasteiger partial charge in [0.15, 0.2) is 0 Å². The molecule has 0 amide bonds. The average Bonchev–Trinajstić information content (AvgIpc) is 2.41. The van der Waals surface area contributed by atoms with Crippen LogP contribution in [0.4, 0.5) is 5.69 Å². The van der Waals surface area contributed by atoms with Crippen LogP contribution in [0.5, 0.6) is 0 Å². The van der Waals surface area contributed by atoms with Crippen molar-refractivity contribution in [3.63, 3.8) is 0 Å². The molecule has 0 aliphatic carbocycles. The lowest BCUT2D eigenvalue weighted by molar-refractivity contribution is 0.600. The number of hydrogen-bond donors (Lipinski definition) is 1. The topological polar surface area (TPSA) is 70.0 Å². The molecule has 2 aromatic carbocycles. The number of hydrogen-bond acceptors (Lipinski definition) is 3. The molecule has 4 nitrogen and oxygen atoms in total. The van der Waals surface area contributed by atoms with E-state index < -0.39 is 10.0 Å². The number of nitrogens with zero attached hydrogens (tertiary/aromatic N) is 1. The van der Waals surface area contributed by atoms with Gasteiger partial charge in [0.05, 0.1) is 17.4 Å². The molecule has 0 unspecified atom stereocenters. The molecule has 1 N–H and O–H groups in total. The maximum absolute atomic E-state index is 12.1. The van der Waals surface area contributed by atoms with E-state index in [1.54, 1.807) is 42.5 Å². The van der Waals surface area contributed by atoms with Crippen LogP contribution in [-0.4, -0.2) is 8.42 Å². The lowest BCUT2D eigenvalue weighted by Crippen LogP contribution is -2.15. The molecule has 102 valence electrons. The van der Waals surface area contributed by atoms with Gasteiger partial charge in [-0.3, -0.25) is 4.72 Å². The highest BCUT2D eigenvalue weighted by Gasteiger charge is 2.13. The van der Waals surface area contributed by atoms with Crippen LogP contribution in [-0.2, 0) is 15.8 Å². The predicted octanol–water partition coefficient (Wildman–Crippen LogP) is 3.15. The van der Waals surface area contributed by atoms with Gasteiger partial charge >= 0.3 is 0 Å². The van der Waals surface area contributed by atoms with E-state index >= 15 is 0 Å². The molecular formula is C14H11ClN2O2S. The molecule has 0 aromatic heterocycles. The fourth-order valence-electron chi connectivity index (χ4n) is 1.69. The molecule has 0 spiro atoms. The lowest BCUT2D eigenvalue weighted by atomic mass is 10.2. The Morgan fingerprint density at radius 3 is 2.60 bits per heavy atom. The second kappa shape index (κ2) is 5.95. The third-order valence-electron chi connectivity index (χ3n) is 2.57. The third kappa shape index (κ3) is 3.73. The Labute approximate surface area is 122 Å².